The van der Waals surface area contributed by atoms with Crippen molar-refractivity contribution < 1.29 is 9.72 Å². The highest BCUT2D eigenvalue weighted by atomic mass is 16.6. The van der Waals surface area contributed by atoms with E-state index < -0.39 is 4.92 Å². The zero-order valence-corrected chi connectivity index (χ0v) is 12.1. The van der Waals surface area contributed by atoms with E-state index in [0.29, 0.717) is 5.69 Å². The van der Waals surface area contributed by atoms with Crippen molar-refractivity contribution in [1.82, 2.24) is 0 Å². The van der Waals surface area contributed by atoms with Crippen LogP contribution in [-0.2, 0) is 4.79 Å². The number of hydrogen-bond acceptors (Lipinski definition) is 4. The molecule has 0 aromatic heterocycles. The second-order valence-electron chi connectivity index (χ2n) is 6.08. The smallest absolute Gasteiger partial charge is 0.269 e. The summed E-state index contributed by atoms with van der Waals surface area (Å²) in [4.78, 5) is 21.8. The second kappa shape index (κ2) is 6.47. The number of nitrogens with zero attached hydrogens (tertiary/aromatic N) is 1. The Balaban J connectivity index is 2.52. The van der Waals surface area contributed by atoms with Gasteiger partial charge in [0.1, 0.15) is 0 Å². The van der Waals surface area contributed by atoms with Gasteiger partial charge < -0.3 is 11.1 Å². The Kier molecular flexibility index (Phi) is 5.21. The molecule has 0 aliphatic carbocycles. The van der Waals surface area contributed by atoms with E-state index >= 15 is 0 Å². The molecule has 0 aliphatic rings. The van der Waals surface area contributed by atoms with Crippen LogP contribution in [0.15, 0.2) is 24.3 Å². The standard InChI is InChI=1S/C14H21N3O3/c1-14(2,3)9-10(15)8-13(18)16-11-4-6-12(7-5-11)17(19)20/h4-7,10H,8-9,15H2,1-3H3,(H,16,18). The molecule has 1 atom stereocenters. The molecule has 0 heterocycles. The van der Waals surface area contributed by atoms with Gasteiger partial charge in [0.05, 0.1) is 4.92 Å². The lowest BCUT2D eigenvalue weighted by Crippen LogP contribution is -2.31. The molecule has 0 saturated carbocycles. The molecule has 0 saturated heterocycles. The number of hydrogen-bond donors (Lipinski definition) is 2. The summed E-state index contributed by atoms with van der Waals surface area (Å²) in [5, 5.41) is 13.2. The number of amides is 1. The fourth-order valence-corrected chi connectivity index (χ4v) is 1.98. The van der Waals surface area contributed by atoms with E-state index in [1.807, 2.05) is 0 Å². The van der Waals surface area contributed by atoms with Crippen LogP contribution in [0.25, 0.3) is 0 Å². The number of nitrogens with one attached hydrogen (secondary N) is 1. The quantitative estimate of drug-likeness (QED) is 0.639. The molecule has 3 N–H and O–H groups in total. The van der Waals surface area contributed by atoms with Crippen molar-refractivity contribution in [3.05, 3.63) is 34.4 Å². The Morgan fingerprint density at radius 3 is 2.35 bits per heavy atom. The number of nitrogens with two attached hydrogens (primary N) is 1. The number of carbonyl (C=O) groups is 1. The van der Waals surface area contributed by atoms with Gasteiger partial charge in [-0.3, -0.25) is 14.9 Å². The van der Waals surface area contributed by atoms with Crippen molar-refractivity contribution in [3.63, 3.8) is 0 Å². The fraction of sp³-hybridized carbons (Fsp3) is 0.500. The van der Waals surface area contributed by atoms with E-state index in [-0.39, 0.29) is 29.5 Å². The normalized spacial score (nSPS) is 12.8. The summed E-state index contributed by atoms with van der Waals surface area (Å²) in [5.74, 6) is -0.185. The number of rotatable bonds is 5. The maximum absolute atomic E-state index is 11.8. The first-order chi connectivity index (χ1) is 9.17. The van der Waals surface area contributed by atoms with Gasteiger partial charge in [-0.05, 0) is 24.0 Å². The van der Waals surface area contributed by atoms with Crippen LogP contribution in [0.2, 0.25) is 0 Å². The molecule has 0 fully saturated rings. The molecule has 1 rings (SSSR count). The number of nitro benzene ring substituents is 1. The van der Waals surface area contributed by atoms with Gasteiger partial charge >= 0.3 is 0 Å². The molecule has 6 heteroatoms. The number of benzene rings is 1. The lowest BCUT2D eigenvalue weighted by Gasteiger charge is -2.22. The molecular formula is C14H21N3O3. The highest BCUT2D eigenvalue weighted by Gasteiger charge is 2.18. The first-order valence-electron chi connectivity index (χ1n) is 6.47. The molecule has 0 radical (unpaired) electrons. The van der Waals surface area contributed by atoms with Crippen molar-refractivity contribution in [1.29, 1.82) is 0 Å². The van der Waals surface area contributed by atoms with E-state index in [0.717, 1.165) is 6.42 Å². The molecule has 6 nitrogen and oxygen atoms in total. The Morgan fingerprint density at radius 2 is 1.90 bits per heavy atom. The maximum Gasteiger partial charge on any atom is 0.269 e. The van der Waals surface area contributed by atoms with Crippen LogP contribution in [0.3, 0.4) is 0 Å². The molecule has 1 aromatic rings. The number of non-ortho nitro benzene ring substituents is 1. The Labute approximate surface area is 118 Å². The van der Waals surface area contributed by atoms with Gasteiger partial charge in [0.25, 0.3) is 5.69 Å². The molecule has 110 valence electrons. The van der Waals surface area contributed by atoms with Gasteiger partial charge in [0.15, 0.2) is 0 Å². The molecule has 1 aromatic carbocycles. The summed E-state index contributed by atoms with van der Waals surface area (Å²) in [6.45, 7) is 6.21. The topological polar surface area (TPSA) is 98.3 Å². The lowest BCUT2D eigenvalue weighted by atomic mass is 9.87. The SMILES string of the molecule is CC(C)(C)CC(N)CC(=O)Nc1ccc([N+](=O)[O-])cc1. The molecule has 1 amide bonds. The van der Waals surface area contributed by atoms with Crippen molar-refractivity contribution in [2.75, 3.05) is 5.32 Å². The van der Waals surface area contributed by atoms with Crippen molar-refractivity contribution in [2.24, 2.45) is 11.1 Å². The molecule has 0 bridgehead atoms. The highest BCUT2D eigenvalue weighted by molar-refractivity contribution is 5.91. The summed E-state index contributed by atoms with van der Waals surface area (Å²) >= 11 is 0. The summed E-state index contributed by atoms with van der Waals surface area (Å²) in [5.41, 5.74) is 6.53. The van der Waals surface area contributed by atoms with Gasteiger partial charge in [-0.25, -0.2) is 0 Å². The third-order valence-corrected chi connectivity index (χ3v) is 2.68. The van der Waals surface area contributed by atoms with Crippen LogP contribution in [0, 0.1) is 15.5 Å². The van der Waals surface area contributed by atoms with Gasteiger partial charge in [-0.15, -0.1) is 0 Å². The number of carbonyl (C=O) groups excluding carboxylic acids is 1. The molecular weight excluding hydrogens is 258 g/mol. The first-order valence-corrected chi connectivity index (χ1v) is 6.47. The Hall–Kier alpha value is -1.95. The van der Waals surface area contributed by atoms with Gasteiger partial charge in [0.2, 0.25) is 5.91 Å². The van der Waals surface area contributed by atoms with Crippen LogP contribution < -0.4 is 11.1 Å². The minimum atomic E-state index is -0.481. The third-order valence-electron chi connectivity index (χ3n) is 2.68. The summed E-state index contributed by atoms with van der Waals surface area (Å²) < 4.78 is 0. The van der Waals surface area contributed by atoms with E-state index in [1.165, 1.54) is 24.3 Å². The maximum atomic E-state index is 11.8. The van der Waals surface area contributed by atoms with Crippen LogP contribution in [0.4, 0.5) is 11.4 Å². The van der Waals surface area contributed by atoms with Crippen molar-refractivity contribution in [3.8, 4) is 0 Å². The minimum absolute atomic E-state index is 0.00701. The zero-order valence-electron chi connectivity index (χ0n) is 12.1. The van der Waals surface area contributed by atoms with Crippen LogP contribution in [0.1, 0.15) is 33.6 Å². The number of anilines is 1. The molecule has 1 unspecified atom stereocenters. The van der Waals surface area contributed by atoms with E-state index in [2.05, 4.69) is 26.1 Å². The first kappa shape index (κ1) is 16.1. The average Bonchev–Trinajstić information content (AvgIpc) is 2.26. The summed E-state index contributed by atoms with van der Waals surface area (Å²) in [6.07, 6.45) is 0.981. The largest absolute Gasteiger partial charge is 0.327 e. The summed E-state index contributed by atoms with van der Waals surface area (Å²) in [7, 11) is 0. The zero-order chi connectivity index (χ0) is 15.3. The Morgan fingerprint density at radius 1 is 1.35 bits per heavy atom. The van der Waals surface area contributed by atoms with E-state index in [4.69, 9.17) is 5.73 Å². The van der Waals surface area contributed by atoms with Crippen LogP contribution in [-0.4, -0.2) is 16.9 Å². The van der Waals surface area contributed by atoms with E-state index in [9.17, 15) is 14.9 Å². The number of nitro groups is 1. The molecule has 0 spiro atoms. The second-order valence-corrected chi connectivity index (χ2v) is 6.08. The van der Waals surface area contributed by atoms with Crippen molar-refractivity contribution in [2.45, 2.75) is 39.7 Å². The van der Waals surface area contributed by atoms with Gasteiger partial charge in [0, 0.05) is 30.3 Å². The minimum Gasteiger partial charge on any atom is -0.327 e. The highest BCUT2D eigenvalue weighted by Crippen LogP contribution is 2.21. The fourth-order valence-electron chi connectivity index (χ4n) is 1.98. The van der Waals surface area contributed by atoms with Gasteiger partial charge in [-0.2, -0.15) is 0 Å². The van der Waals surface area contributed by atoms with Crippen molar-refractivity contribution >= 4 is 17.3 Å². The molecule has 0 aliphatic heterocycles. The lowest BCUT2D eigenvalue weighted by molar-refractivity contribution is -0.384. The van der Waals surface area contributed by atoms with Crippen LogP contribution in [0.5, 0.6) is 0 Å². The summed E-state index contributed by atoms with van der Waals surface area (Å²) in [6, 6.07) is 5.51. The van der Waals surface area contributed by atoms with Gasteiger partial charge in [-0.1, -0.05) is 20.8 Å². The Bertz CT molecular complexity index is 477. The monoisotopic (exact) mass is 279 g/mol. The third kappa shape index (κ3) is 5.79. The predicted molar refractivity (Wildman–Crippen MR) is 78.4 cm³/mol. The molecule has 20 heavy (non-hydrogen) atoms. The predicted octanol–water partition coefficient (Wildman–Crippen LogP) is 2.69. The van der Waals surface area contributed by atoms with E-state index in [1.54, 1.807) is 0 Å². The average molecular weight is 279 g/mol. The van der Waals surface area contributed by atoms with Crippen LogP contribution >= 0.6 is 0 Å².